The van der Waals surface area contributed by atoms with E-state index in [9.17, 15) is 19.5 Å². The van der Waals surface area contributed by atoms with Crippen LogP contribution in [0.5, 0.6) is 0 Å². The van der Waals surface area contributed by atoms with Crippen molar-refractivity contribution in [2.24, 2.45) is 11.8 Å². The van der Waals surface area contributed by atoms with E-state index < -0.39 is 29.1 Å². The largest absolute Gasteiger partial charge is 0.396 e. The van der Waals surface area contributed by atoms with Gasteiger partial charge in [0.2, 0.25) is 11.8 Å². The minimum Gasteiger partial charge on any atom is -0.396 e. The predicted molar refractivity (Wildman–Crippen MR) is 174 cm³/mol. The molecule has 2 saturated heterocycles. The quantitative estimate of drug-likeness (QED) is 0.253. The first-order valence-corrected chi connectivity index (χ1v) is 16.8. The molecule has 0 bridgehead atoms. The summed E-state index contributed by atoms with van der Waals surface area (Å²) < 4.78 is 8.82. The summed E-state index contributed by atoms with van der Waals surface area (Å²) in [6.07, 6.45) is 11.2. The third-order valence-corrected chi connectivity index (χ3v) is 10.4. The van der Waals surface area contributed by atoms with Gasteiger partial charge >= 0.3 is 0 Å². The van der Waals surface area contributed by atoms with Gasteiger partial charge in [-0.05, 0) is 37.0 Å². The number of carbonyl (C=O) groups excluding carboxylic acids is 3. The lowest BCUT2D eigenvalue weighted by Gasteiger charge is -2.38. The van der Waals surface area contributed by atoms with Crippen LogP contribution in [-0.2, 0) is 32.3 Å². The third kappa shape index (κ3) is 5.25. The van der Waals surface area contributed by atoms with Gasteiger partial charge in [0.25, 0.3) is 5.91 Å². The standard InChI is InChI=1S/C36H42N6O5/c1-2-35-18-12-20-39(24-26-14-6-5-7-15-26)32(44)29(35)30-33(45)41(22-10-3-4-11-23-43)31-34(46)40(21-13-19-36(30,31)47-35)25-42-28-17-9-8-16-27(28)37-38-42/h5-9,12-19,29-31,43H,2-4,10-11,20-25H2,1H3/t29-,30-,31?,35+,36-/m0/s1. The van der Waals surface area contributed by atoms with Crippen molar-refractivity contribution in [2.75, 3.05) is 26.2 Å². The topological polar surface area (TPSA) is 121 Å². The van der Waals surface area contributed by atoms with Gasteiger partial charge in [-0.1, -0.05) is 91.7 Å². The summed E-state index contributed by atoms with van der Waals surface area (Å²) in [7, 11) is 0. The van der Waals surface area contributed by atoms with Crippen molar-refractivity contribution >= 4 is 28.8 Å². The number of ether oxygens (including phenoxy) is 1. The molecule has 4 aliphatic rings. The molecule has 3 amide bonds. The summed E-state index contributed by atoms with van der Waals surface area (Å²) in [5.41, 5.74) is 0.207. The Bertz CT molecular complexity index is 1710. The molecule has 2 aromatic carbocycles. The third-order valence-electron chi connectivity index (χ3n) is 10.4. The number of nitrogens with zero attached hydrogens (tertiary/aromatic N) is 6. The Morgan fingerprint density at radius 1 is 0.851 bits per heavy atom. The van der Waals surface area contributed by atoms with E-state index in [0.29, 0.717) is 45.4 Å². The highest BCUT2D eigenvalue weighted by Gasteiger charge is 2.75. The van der Waals surface area contributed by atoms with Crippen LogP contribution in [-0.4, -0.2) is 96.0 Å². The molecular formula is C36H42N6O5. The number of unbranched alkanes of at least 4 members (excludes halogenated alkanes) is 3. The summed E-state index contributed by atoms with van der Waals surface area (Å²) in [6, 6.07) is 16.5. The number of amides is 3. The van der Waals surface area contributed by atoms with Crippen molar-refractivity contribution in [3.8, 4) is 0 Å². The van der Waals surface area contributed by atoms with E-state index in [2.05, 4.69) is 10.3 Å². The van der Waals surface area contributed by atoms with Crippen LogP contribution in [0.2, 0.25) is 0 Å². The number of para-hydroxylation sites is 1. The maximum atomic E-state index is 14.8. The van der Waals surface area contributed by atoms with E-state index in [4.69, 9.17) is 4.74 Å². The number of benzene rings is 2. The average Bonchev–Trinajstić information content (AvgIpc) is 3.63. The van der Waals surface area contributed by atoms with Crippen molar-refractivity contribution in [2.45, 2.75) is 69.5 Å². The molecule has 1 spiro atoms. The van der Waals surface area contributed by atoms with Crippen molar-refractivity contribution < 1.29 is 24.2 Å². The SMILES string of the molecule is CC[C@@]12C=CCN(Cc3ccccc3)C(=O)[C@@H]1[C@H]1C(=O)N(CCCCCCO)C3C(=O)N(Cn4nnc5ccccc54)CC=C[C@@]31O2. The van der Waals surface area contributed by atoms with Crippen molar-refractivity contribution in [1.82, 2.24) is 29.7 Å². The van der Waals surface area contributed by atoms with E-state index in [1.165, 1.54) is 0 Å². The summed E-state index contributed by atoms with van der Waals surface area (Å²) >= 11 is 0. The zero-order chi connectivity index (χ0) is 32.6. The van der Waals surface area contributed by atoms with Gasteiger partial charge in [0.05, 0.1) is 23.0 Å². The lowest BCUT2D eigenvalue weighted by atomic mass is 9.73. The zero-order valence-electron chi connectivity index (χ0n) is 26.8. The van der Waals surface area contributed by atoms with Crippen molar-refractivity contribution in [1.29, 1.82) is 0 Å². The van der Waals surface area contributed by atoms with Crippen LogP contribution in [0.1, 0.15) is 44.6 Å². The molecule has 2 fully saturated rings. The van der Waals surface area contributed by atoms with Crippen molar-refractivity contribution in [3.63, 3.8) is 0 Å². The molecule has 47 heavy (non-hydrogen) atoms. The number of hydrogen-bond donors (Lipinski definition) is 1. The van der Waals surface area contributed by atoms with E-state index >= 15 is 0 Å². The Kier molecular flexibility index (Phi) is 8.44. The van der Waals surface area contributed by atoms with Gasteiger partial charge in [-0.2, -0.15) is 0 Å². The van der Waals surface area contributed by atoms with Crippen LogP contribution in [0.3, 0.4) is 0 Å². The lowest BCUT2D eigenvalue weighted by Crippen LogP contribution is -2.56. The normalized spacial score (nSPS) is 28.5. The Hall–Kier alpha value is -4.35. The van der Waals surface area contributed by atoms with E-state index in [-0.39, 0.29) is 31.0 Å². The maximum absolute atomic E-state index is 14.8. The fourth-order valence-corrected chi connectivity index (χ4v) is 8.10. The second-order valence-corrected chi connectivity index (χ2v) is 13.1. The molecular weight excluding hydrogens is 596 g/mol. The van der Waals surface area contributed by atoms with Crippen LogP contribution in [0.15, 0.2) is 78.9 Å². The molecule has 7 rings (SSSR count). The Morgan fingerprint density at radius 2 is 1.60 bits per heavy atom. The molecule has 1 unspecified atom stereocenters. The molecule has 1 N–H and O–H groups in total. The zero-order valence-corrected chi connectivity index (χ0v) is 26.8. The Morgan fingerprint density at radius 3 is 2.40 bits per heavy atom. The lowest BCUT2D eigenvalue weighted by molar-refractivity contribution is -0.155. The Balaban J connectivity index is 1.26. The van der Waals surface area contributed by atoms with Crippen molar-refractivity contribution in [3.05, 3.63) is 84.5 Å². The molecule has 0 aliphatic carbocycles. The number of aromatic nitrogens is 3. The smallest absolute Gasteiger partial charge is 0.250 e. The first-order valence-electron chi connectivity index (χ1n) is 16.8. The number of aliphatic hydroxyl groups excluding tert-OH is 1. The monoisotopic (exact) mass is 638 g/mol. The number of likely N-dealkylation sites (tertiary alicyclic amines) is 1. The van der Waals surface area contributed by atoms with Crippen LogP contribution >= 0.6 is 0 Å². The molecule has 1 aromatic heterocycles. The fraction of sp³-hybridized carbons (Fsp3) is 0.472. The number of hydrogen-bond acceptors (Lipinski definition) is 7. The average molecular weight is 639 g/mol. The fourth-order valence-electron chi connectivity index (χ4n) is 8.10. The van der Waals surface area contributed by atoms with Gasteiger partial charge in [-0.15, -0.1) is 5.10 Å². The van der Waals surface area contributed by atoms with Gasteiger partial charge in [-0.3, -0.25) is 14.4 Å². The van der Waals surface area contributed by atoms with E-state index in [0.717, 1.165) is 29.4 Å². The van der Waals surface area contributed by atoms with Gasteiger partial charge < -0.3 is 24.5 Å². The molecule has 5 heterocycles. The molecule has 0 radical (unpaired) electrons. The second kappa shape index (κ2) is 12.7. The van der Waals surface area contributed by atoms with Gasteiger partial charge in [0.1, 0.15) is 23.8 Å². The molecule has 11 nitrogen and oxygen atoms in total. The van der Waals surface area contributed by atoms with Crippen LogP contribution < -0.4 is 0 Å². The maximum Gasteiger partial charge on any atom is 0.250 e. The number of aliphatic hydroxyl groups is 1. The molecule has 11 heteroatoms. The van der Waals surface area contributed by atoms with Crippen LogP contribution in [0, 0.1) is 11.8 Å². The molecule has 4 aliphatic heterocycles. The molecule has 3 aromatic rings. The van der Waals surface area contributed by atoms with Gasteiger partial charge in [0, 0.05) is 32.8 Å². The highest BCUT2D eigenvalue weighted by atomic mass is 16.5. The second-order valence-electron chi connectivity index (χ2n) is 13.1. The number of carbonyl (C=O) groups is 3. The molecule has 246 valence electrons. The van der Waals surface area contributed by atoms with E-state index in [1.807, 2.05) is 85.8 Å². The first kappa shape index (κ1) is 31.3. The molecule has 5 atom stereocenters. The first-order chi connectivity index (χ1) is 22.9. The summed E-state index contributed by atoms with van der Waals surface area (Å²) in [5, 5.41) is 17.9. The minimum atomic E-state index is -1.31. The summed E-state index contributed by atoms with van der Waals surface area (Å²) in [5.74, 6) is -2.22. The van der Waals surface area contributed by atoms with Gasteiger partial charge in [0.15, 0.2) is 0 Å². The Labute approximate surface area is 274 Å². The highest BCUT2D eigenvalue weighted by molar-refractivity contribution is 6.00. The van der Waals surface area contributed by atoms with Crippen LogP contribution in [0.4, 0.5) is 0 Å². The minimum absolute atomic E-state index is 0.120. The summed E-state index contributed by atoms with van der Waals surface area (Å²) in [4.78, 5) is 49.3. The summed E-state index contributed by atoms with van der Waals surface area (Å²) in [6.45, 7) is 3.75. The molecule has 0 saturated carbocycles. The number of fused-ring (bicyclic) bond motifs is 3. The predicted octanol–water partition coefficient (Wildman–Crippen LogP) is 3.30. The van der Waals surface area contributed by atoms with Crippen LogP contribution in [0.25, 0.3) is 11.0 Å². The highest BCUT2D eigenvalue weighted by Crippen LogP contribution is 2.58. The number of rotatable bonds is 11. The van der Waals surface area contributed by atoms with Gasteiger partial charge in [-0.25, -0.2) is 4.68 Å². The van der Waals surface area contributed by atoms with E-state index in [1.54, 1.807) is 19.4 Å².